The van der Waals surface area contributed by atoms with Gasteiger partial charge in [-0.3, -0.25) is 0 Å². The van der Waals surface area contributed by atoms with Crippen molar-refractivity contribution in [2.45, 2.75) is 0 Å². The Balaban J connectivity index is 2.14. The zero-order valence-electron chi connectivity index (χ0n) is 10.7. The molecule has 5 rings (SSSR count). The van der Waals surface area contributed by atoms with Gasteiger partial charge in [-0.2, -0.15) is 0 Å². The van der Waals surface area contributed by atoms with E-state index in [0.29, 0.717) is 14.5 Å². The van der Waals surface area contributed by atoms with Crippen LogP contribution in [-0.2, 0) is 0 Å². The fraction of sp³-hybridized carbons (Fsp3) is 0. The molecule has 1 nitrogen and oxygen atoms in total. The molecule has 0 saturated heterocycles. The van der Waals surface area contributed by atoms with Gasteiger partial charge in [0.15, 0.2) is 0 Å². The van der Waals surface area contributed by atoms with Crippen molar-refractivity contribution in [3.63, 3.8) is 0 Å². The molecule has 1 N–H and O–H groups in total. The molecule has 2 heterocycles. The molecule has 0 aliphatic rings. The van der Waals surface area contributed by atoms with Gasteiger partial charge in [0.2, 0.25) is 0 Å². The minimum absolute atomic E-state index is 0.413. The van der Waals surface area contributed by atoms with Crippen molar-refractivity contribution in [2.75, 3.05) is 0 Å². The second-order valence-corrected chi connectivity index (χ2v) is 7.34. The molecular formula is C18H11NSe. The Morgan fingerprint density at radius 2 is 1.45 bits per heavy atom. The predicted molar refractivity (Wildman–Crippen MR) is 87.8 cm³/mol. The number of hydrogen-bond acceptors (Lipinski definition) is 0. The van der Waals surface area contributed by atoms with Crippen molar-refractivity contribution < 1.29 is 0 Å². The van der Waals surface area contributed by atoms with E-state index in [2.05, 4.69) is 65.6 Å². The van der Waals surface area contributed by atoms with E-state index in [1.54, 1.807) is 0 Å². The maximum absolute atomic E-state index is 3.54. The number of fused-ring (bicyclic) bond motifs is 7. The van der Waals surface area contributed by atoms with Crippen molar-refractivity contribution in [1.82, 2.24) is 4.98 Å². The second-order valence-electron chi connectivity index (χ2n) is 5.13. The van der Waals surface area contributed by atoms with Crippen LogP contribution in [0, 0.1) is 0 Å². The van der Waals surface area contributed by atoms with E-state index >= 15 is 0 Å². The first-order valence-corrected chi connectivity index (χ1v) is 8.44. The van der Waals surface area contributed by atoms with Gasteiger partial charge in [-0.25, -0.2) is 0 Å². The fourth-order valence-corrected chi connectivity index (χ4v) is 5.77. The van der Waals surface area contributed by atoms with Crippen LogP contribution >= 0.6 is 0 Å². The first kappa shape index (κ1) is 10.7. The number of rotatable bonds is 0. The number of H-pyrrole nitrogens is 1. The van der Waals surface area contributed by atoms with Gasteiger partial charge in [0.05, 0.1) is 0 Å². The molecule has 0 aliphatic carbocycles. The molecule has 0 fully saturated rings. The summed E-state index contributed by atoms with van der Waals surface area (Å²) in [6, 6.07) is 21.9. The number of para-hydroxylation sites is 1. The first-order valence-electron chi connectivity index (χ1n) is 6.72. The summed E-state index contributed by atoms with van der Waals surface area (Å²) in [5, 5.41) is 5.64. The normalized spacial score (nSPS) is 12.0. The Bertz CT molecular complexity index is 1100. The standard InChI is InChI=1S/C18H11NSe/c1-3-7-14-13(6-1)17-15(19-14)10-9-12-11-5-2-4-8-16(11)20-18(12)17/h1-10,19H. The van der Waals surface area contributed by atoms with Crippen molar-refractivity contribution in [3.05, 3.63) is 60.7 Å². The Kier molecular flexibility index (Phi) is 2.01. The molecule has 94 valence electrons. The van der Waals surface area contributed by atoms with E-state index in [0.717, 1.165) is 0 Å². The molecule has 0 spiro atoms. The van der Waals surface area contributed by atoms with Crippen molar-refractivity contribution in [2.24, 2.45) is 0 Å². The van der Waals surface area contributed by atoms with Gasteiger partial charge in [-0.05, 0) is 0 Å². The van der Waals surface area contributed by atoms with Crippen molar-refractivity contribution in [3.8, 4) is 0 Å². The van der Waals surface area contributed by atoms with Crippen molar-refractivity contribution in [1.29, 1.82) is 0 Å². The first-order chi connectivity index (χ1) is 9.92. The van der Waals surface area contributed by atoms with Crippen LogP contribution in [0.1, 0.15) is 0 Å². The van der Waals surface area contributed by atoms with Crippen LogP contribution in [0.3, 0.4) is 0 Å². The Morgan fingerprint density at radius 3 is 2.40 bits per heavy atom. The number of aromatic nitrogens is 1. The molecular weight excluding hydrogens is 309 g/mol. The Hall–Kier alpha value is -2.02. The van der Waals surface area contributed by atoms with Crippen LogP contribution in [-0.4, -0.2) is 19.5 Å². The van der Waals surface area contributed by atoms with Crippen LogP contribution in [0.4, 0.5) is 0 Å². The number of hydrogen-bond donors (Lipinski definition) is 1. The van der Waals surface area contributed by atoms with Crippen LogP contribution in [0.5, 0.6) is 0 Å². The Labute approximate surface area is 121 Å². The van der Waals surface area contributed by atoms with Gasteiger partial charge in [-0.15, -0.1) is 0 Å². The molecule has 0 atom stereocenters. The van der Waals surface area contributed by atoms with E-state index < -0.39 is 0 Å². The van der Waals surface area contributed by atoms with E-state index in [1.165, 1.54) is 41.1 Å². The van der Waals surface area contributed by atoms with E-state index in [1.807, 2.05) is 0 Å². The summed E-state index contributed by atoms with van der Waals surface area (Å²) in [6.07, 6.45) is 0. The summed E-state index contributed by atoms with van der Waals surface area (Å²) in [7, 11) is 0. The van der Waals surface area contributed by atoms with Crippen LogP contribution in [0.15, 0.2) is 60.7 Å². The van der Waals surface area contributed by atoms with E-state index in [4.69, 9.17) is 0 Å². The predicted octanol–water partition coefficient (Wildman–Crippen LogP) is 4.68. The topological polar surface area (TPSA) is 15.8 Å². The summed E-state index contributed by atoms with van der Waals surface area (Å²) in [5.74, 6) is 0. The van der Waals surface area contributed by atoms with E-state index in [-0.39, 0.29) is 0 Å². The number of aromatic amines is 1. The monoisotopic (exact) mass is 321 g/mol. The zero-order chi connectivity index (χ0) is 13.1. The average Bonchev–Trinajstić information content (AvgIpc) is 3.04. The second kappa shape index (κ2) is 3.76. The maximum atomic E-state index is 3.54. The number of nitrogens with one attached hydrogen (secondary N) is 1. The van der Waals surface area contributed by atoms with E-state index in [9.17, 15) is 0 Å². The summed E-state index contributed by atoms with van der Waals surface area (Å²) < 4.78 is 3.04. The van der Waals surface area contributed by atoms with Gasteiger partial charge in [-0.1, -0.05) is 0 Å². The van der Waals surface area contributed by atoms with Crippen LogP contribution in [0.25, 0.3) is 41.1 Å². The molecule has 2 aromatic heterocycles. The van der Waals surface area contributed by atoms with Gasteiger partial charge in [0.1, 0.15) is 0 Å². The van der Waals surface area contributed by atoms with Gasteiger partial charge in [0, 0.05) is 0 Å². The summed E-state index contributed by atoms with van der Waals surface area (Å²) in [6.45, 7) is 0. The summed E-state index contributed by atoms with van der Waals surface area (Å²) >= 11 is 0.413. The van der Waals surface area contributed by atoms with Crippen LogP contribution < -0.4 is 0 Å². The third kappa shape index (κ3) is 1.28. The molecule has 5 aromatic rings. The molecule has 2 heteroatoms. The van der Waals surface area contributed by atoms with Gasteiger partial charge in [0.25, 0.3) is 0 Å². The van der Waals surface area contributed by atoms with Crippen molar-refractivity contribution >= 4 is 55.6 Å². The molecule has 0 bridgehead atoms. The summed E-state index contributed by atoms with van der Waals surface area (Å²) in [5.41, 5.74) is 2.50. The molecule has 0 saturated carbocycles. The molecule has 0 aliphatic heterocycles. The van der Waals surface area contributed by atoms with Gasteiger partial charge >= 0.3 is 121 Å². The fourth-order valence-electron chi connectivity index (χ4n) is 3.12. The molecule has 20 heavy (non-hydrogen) atoms. The molecule has 0 radical (unpaired) electrons. The molecule has 3 aromatic carbocycles. The number of benzene rings is 3. The Morgan fingerprint density at radius 1 is 0.650 bits per heavy atom. The molecule has 0 unspecified atom stereocenters. The average molecular weight is 320 g/mol. The third-order valence-electron chi connectivity index (χ3n) is 4.01. The molecule has 0 amide bonds. The van der Waals surface area contributed by atoms with Crippen LogP contribution in [0.2, 0.25) is 0 Å². The summed E-state index contributed by atoms with van der Waals surface area (Å²) in [4.78, 5) is 3.54. The quantitative estimate of drug-likeness (QED) is 0.399. The minimum atomic E-state index is 0.413. The zero-order valence-corrected chi connectivity index (χ0v) is 12.4. The SMILES string of the molecule is c1ccc2c(c1)[nH]c1ccc3c4ccccc4[se]c3c12. The van der Waals surface area contributed by atoms with Gasteiger partial charge < -0.3 is 0 Å². The third-order valence-corrected chi connectivity index (χ3v) is 6.54.